The van der Waals surface area contributed by atoms with E-state index in [1.165, 1.54) is 33.3 Å². The second-order valence-corrected chi connectivity index (χ2v) is 8.98. The van der Waals surface area contributed by atoms with E-state index in [0.29, 0.717) is 6.10 Å². The highest BCUT2D eigenvalue weighted by atomic mass is 32.1. The molecule has 4 heterocycles. The molecule has 2 aromatic heterocycles. The minimum atomic E-state index is 0.363. The minimum absolute atomic E-state index is 0.363. The van der Waals surface area contributed by atoms with Gasteiger partial charge < -0.3 is 4.74 Å². The van der Waals surface area contributed by atoms with Gasteiger partial charge in [-0.25, -0.2) is 4.98 Å². The van der Waals surface area contributed by atoms with Gasteiger partial charge in [0, 0.05) is 61.0 Å². The van der Waals surface area contributed by atoms with E-state index in [1.54, 1.807) is 11.3 Å². The van der Waals surface area contributed by atoms with Crippen LogP contribution in [0.2, 0.25) is 0 Å². The molecule has 2 saturated heterocycles. The van der Waals surface area contributed by atoms with Crippen molar-refractivity contribution in [3.05, 3.63) is 38.0 Å². The molecule has 0 radical (unpaired) electrons. The standard InChI is InChI=1S/C18H25N3OS2/c1-14-19-15(13-23-14)11-20-6-8-21(9-7-20)12-16-4-5-18(24-16)17-3-2-10-22-17/h4-5,13,17H,2-3,6-12H2,1H3. The van der Waals surface area contributed by atoms with Gasteiger partial charge in [0.2, 0.25) is 0 Å². The molecule has 2 aromatic rings. The quantitative estimate of drug-likeness (QED) is 0.810. The van der Waals surface area contributed by atoms with Crippen LogP contribution in [0.5, 0.6) is 0 Å². The van der Waals surface area contributed by atoms with Gasteiger partial charge in [-0.3, -0.25) is 9.80 Å². The lowest BCUT2D eigenvalue weighted by Gasteiger charge is -2.34. The number of thiophene rings is 1. The summed E-state index contributed by atoms with van der Waals surface area (Å²) in [5.74, 6) is 0. The third kappa shape index (κ3) is 4.06. The van der Waals surface area contributed by atoms with Gasteiger partial charge in [0.15, 0.2) is 0 Å². The molecule has 0 amide bonds. The molecular weight excluding hydrogens is 338 g/mol. The molecule has 0 N–H and O–H groups in total. The van der Waals surface area contributed by atoms with Gasteiger partial charge in [0.05, 0.1) is 16.8 Å². The molecular formula is C18H25N3OS2. The highest BCUT2D eigenvalue weighted by Gasteiger charge is 2.21. The topological polar surface area (TPSA) is 28.6 Å². The van der Waals surface area contributed by atoms with Gasteiger partial charge in [0.25, 0.3) is 0 Å². The first-order chi connectivity index (χ1) is 11.8. The van der Waals surface area contributed by atoms with Crippen molar-refractivity contribution in [3.8, 4) is 0 Å². The molecule has 2 aliphatic rings. The lowest BCUT2D eigenvalue weighted by molar-refractivity contribution is 0.114. The Balaban J connectivity index is 1.25. The van der Waals surface area contributed by atoms with Crippen molar-refractivity contribution in [2.45, 2.75) is 39.0 Å². The molecule has 2 fully saturated rings. The van der Waals surface area contributed by atoms with Crippen molar-refractivity contribution in [1.29, 1.82) is 0 Å². The van der Waals surface area contributed by atoms with Crippen molar-refractivity contribution in [2.24, 2.45) is 0 Å². The second kappa shape index (κ2) is 7.62. The maximum Gasteiger partial charge on any atom is 0.0917 e. The first kappa shape index (κ1) is 16.7. The summed E-state index contributed by atoms with van der Waals surface area (Å²) in [6.07, 6.45) is 2.76. The van der Waals surface area contributed by atoms with Crippen molar-refractivity contribution < 1.29 is 4.74 Å². The van der Waals surface area contributed by atoms with Crippen LogP contribution in [0, 0.1) is 6.92 Å². The number of aryl methyl sites for hydroxylation is 1. The molecule has 0 bridgehead atoms. The molecule has 0 spiro atoms. The monoisotopic (exact) mass is 363 g/mol. The number of piperazine rings is 1. The fraction of sp³-hybridized carbons (Fsp3) is 0.611. The first-order valence-electron chi connectivity index (χ1n) is 8.82. The van der Waals surface area contributed by atoms with Crippen LogP contribution in [0.4, 0.5) is 0 Å². The number of rotatable bonds is 5. The van der Waals surface area contributed by atoms with Crippen LogP contribution in [0.15, 0.2) is 17.5 Å². The van der Waals surface area contributed by atoms with Crippen LogP contribution in [-0.2, 0) is 17.8 Å². The lowest BCUT2D eigenvalue weighted by Crippen LogP contribution is -2.45. The predicted molar refractivity (Wildman–Crippen MR) is 99.7 cm³/mol. The highest BCUT2D eigenvalue weighted by Crippen LogP contribution is 2.33. The summed E-state index contributed by atoms with van der Waals surface area (Å²) in [5.41, 5.74) is 1.23. The van der Waals surface area contributed by atoms with E-state index in [-0.39, 0.29) is 0 Å². The number of hydrogen-bond acceptors (Lipinski definition) is 6. The molecule has 130 valence electrons. The Morgan fingerprint density at radius 2 is 1.96 bits per heavy atom. The zero-order valence-corrected chi connectivity index (χ0v) is 15.9. The van der Waals surface area contributed by atoms with Crippen molar-refractivity contribution in [2.75, 3.05) is 32.8 Å². The largest absolute Gasteiger partial charge is 0.373 e. The predicted octanol–water partition coefficient (Wildman–Crippen LogP) is 3.68. The molecule has 6 heteroatoms. The van der Waals surface area contributed by atoms with Crippen molar-refractivity contribution in [1.82, 2.24) is 14.8 Å². The van der Waals surface area contributed by atoms with Gasteiger partial charge in [-0.2, -0.15) is 0 Å². The zero-order chi connectivity index (χ0) is 16.4. The molecule has 1 unspecified atom stereocenters. The Morgan fingerprint density at radius 1 is 1.17 bits per heavy atom. The van der Waals surface area contributed by atoms with E-state index in [1.807, 2.05) is 11.3 Å². The third-order valence-electron chi connectivity index (χ3n) is 4.83. The van der Waals surface area contributed by atoms with Crippen LogP contribution in [-0.4, -0.2) is 47.6 Å². The van der Waals surface area contributed by atoms with Crippen LogP contribution >= 0.6 is 22.7 Å². The van der Waals surface area contributed by atoms with E-state index in [2.05, 4.69) is 39.2 Å². The van der Waals surface area contributed by atoms with E-state index >= 15 is 0 Å². The van der Waals surface area contributed by atoms with E-state index in [4.69, 9.17) is 4.74 Å². The van der Waals surface area contributed by atoms with E-state index in [9.17, 15) is 0 Å². The van der Waals surface area contributed by atoms with E-state index < -0.39 is 0 Å². The average Bonchev–Trinajstić information content (AvgIpc) is 3.31. The van der Waals surface area contributed by atoms with Crippen LogP contribution in [0.3, 0.4) is 0 Å². The second-order valence-electron chi connectivity index (χ2n) is 6.72. The number of ether oxygens (including phenoxy) is 1. The Bertz CT molecular complexity index is 655. The summed E-state index contributed by atoms with van der Waals surface area (Å²) in [5, 5.41) is 3.36. The average molecular weight is 364 g/mol. The van der Waals surface area contributed by atoms with Crippen molar-refractivity contribution in [3.63, 3.8) is 0 Å². The summed E-state index contributed by atoms with van der Waals surface area (Å²) < 4.78 is 5.80. The maximum absolute atomic E-state index is 5.80. The van der Waals surface area contributed by atoms with Crippen molar-refractivity contribution >= 4 is 22.7 Å². The number of thiazole rings is 1. The SMILES string of the molecule is Cc1nc(CN2CCN(Cc3ccc(C4CCCO4)s3)CC2)cs1. The molecule has 0 aliphatic carbocycles. The third-order valence-corrected chi connectivity index (χ3v) is 6.81. The fourth-order valence-electron chi connectivity index (χ4n) is 3.49. The van der Waals surface area contributed by atoms with Crippen LogP contribution in [0.25, 0.3) is 0 Å². The summed E-state index contributed by atoms with van der Waals surface area (Å²) in [6.45, 7) is 9.67. The molecule has 4 nitrogen and oxygen atoms in total. The molecule has 0 saturated carbocycles. The van der Waals surface area contributed by atoms with Crippen LogP contribution < -0.4 is 0 Å². The molecule has 1 atom stereocenters. The van der Waals surface area contributed by atoms with Gasteiger partial charge >= 0.3 is 0 Å². The van der Waals surface area contributed by atoms with Gasteiger partial charge in [-0.1, -0.05) is 0 Å². The Morgan fingerprint density at radius 3 is 2.62 bits per heavy atom. The first-order valence-corrected chi connectivity index (χ1v) is 10.5. The minimum Gasteiger partial charge on any atom is -0.373 e. The zero-order valence-electron chi connectivity index (χ0n) is 14.2. The number of nitrogens with zero attached hydrogens (tertiary/aromatic N) is 3. The molecule has 2 aliphatic heterocycles. The molecule has 4 rings (SSSR count). The number of hydrogen-bond donors (Lipinski definition) is 0. The lowest BCUT2D eigenvalue weighted by atomic mass is 10.2. The highest BCUT2D eigenvalue weighted by molar-refractivity contribution is 7.12. The Labute approximate surface area is 152 Å². The maximum atomic E-state index is 5.80. The Kier molecular flexibility index (Phi) is 5.29. The molecule has 24 heavy (non-hydrogen) atoms. The fourth-order valence-corrected chi connectivity index (χ4v) is 5.23. The van der Waals surface area contributed by atoms with Gasteiger partial charge in [0.1, 0.15) is 0 Å². The van der Waals surface area contributed by atoms with Gasteiger partial charge in [-0.15, -0.1) is 22.7 Å². The van der Waals surface area contributed by atoms with E-state index in [0.717, 1.165) is 45.9 Å². The Hall–Kier alpha value is -0.790. The summed E-state index contributed by atoms with van der Waals surface area (Å²) in [6, 6.07) is 4.57. The number of aromatic nitrogens is 1. The molecule has 0 aromatic carbocycles. The van der Waals surface area contributed by atoms with Gasteiger partial charge in [-0.05, 0) is 31.9 Å². The smallest absolute Gasteiger partial charge is 0.0917 e. The summed E-state index contributed by atoms with van der Waals surface area (Å²) in [7, 11) is 0. The normalized spacial score (nSPS) is 23.1. The van der Waals surface area contributed by atoms with Crippen LogP contribution in [0.1, 0.15) is 39.4 Å². The summed E-state index contributed by atoms with van der Waals surface area (Å²) >= 11 is 3.69. The summed E-state index contributed by atoms with van der Waals surface area (Å²) in [4.78, 5) is 12.6.